The minimum Gasteiger partial charge on any atom is -0.394 e. The summed E-state index contributed by atoms with van der Waals surface area (Å²) >= 11 is 3.48. The van der Waals surface area contributed by atoms with Gasteiger partial charge >= 0.3 is 0 Å². The lowest BCUT2D eigenvalue weighted by Gasteiger charge is -2.29. The second-order valence-corrected chi connectivity index (χ2v) is 5.22. The van der Waals surface area contributed by atoms with Crippen LogP contribution in [0.3, 0.4) is 0 Å². The number of halogens is 1. The zero-order chi connectivity index (χ0) is 11.1. The first-order chi connectivity index (χ1) is 7.78. The Bertz CT molecular complexity index is 458. The predicted octanol–water partition coefficient (Wildman–Crippen LogP) is 2.45. The third-order valence-corrected chi connectivity index (χ3v) is 3.81. The number of hydrogen-bond donors (Lipinski definition) is 1. The molecule has 0 radical (unpaired) electrons. The van der Waals surface area contributed by atoms with E-state index in [1.54, 1.807) is 0 Å². The molecule has 0 amide bonds. The van der Waals surface area contributed by atoms with E-state index in [-0.39, 0.29) is 12.6 Å². The van der Waals surface area contributed by atoms with Crippen LogP contribution in [0.15, 0.2) is 27.7 Å². The summed E-state index contributed by atoms with van der Waals surface area (Å²) in [6.45, 7) is 1.10. The summed E-state index contributed by atoms with van der Waals surface area (Å²) in [4.78, 5) is 6.89. The van der Waals surface area contributed by atoms with Gasteiger partial charge in [0.05, 0.1) is 18.3 Å². The number of aliphatic imine (C=N–C) groups is 1. The van der Waals surface area contributed by atoms with E-state index in [0.717, 1.165) is 35.4 Å². The Kier molecular flexibility index (Phi) is 2.48. The Morgan fingerprint density at radius 3 is 3.19 bits per heavy atom. The van der Waals surface area contributed by atoms with Crippen molar-refractivity contribution in [3.05, 3.63) is 28.2 Å². The molecular formula is C12H13BrN2O. The molecule has 1 fully saturated rings. The number of aliphatic hydroxyl groups is 1. The second-order valence-electron chi connectivity index (χ2n) is 4.30. The van der Waals surface area contributed by atoms with Crippen LogP contribution in [0, 0.1) is 0 Å². The SMILES string of the molecule is OC[C@H]1CCC2=Nc3ccc(Br)cc3CN21. The molecule has 2 aliphatic rings. The molecule has 4 heteroatoms. The molecule has 84 valence electrons. The van der Waals surface area contributed by atoms with Crippen LogP contribution in [0.2, 0.25) is 0 Å². The van der Waals surface area contributed by atoms with E-state index in [9.17, 15) is 5.11 Å². The first kappa shape index (κ1) is 10.3. The number of aliphatic hydroxyl groups excluding tert-OH is 1. The minimum atomic E-state index is 0.225. The highest BCUT2D eigenvalue weighted by molar-refractivity contribution is 9.10. The lowest BCUT2D eigenvalue weighted by molar-refractivity contribution is 0.187. The van der Waals surface area contributed by atoms with Crippen molar-refractivity contribution in [2.45, 2.75) is 25.4 Å². The third kappa shape index (κ3) is 1.57. The fourth-order valence-electron chi connectivity index (χ4n) is 2.45. The van der Waals surface area contributed by atoms with Crippen LogP contribution in [0.5, 0.6) is 0 Å². The molecule has 0 spiro atoms. The van der Waals surface area contributed by atoms with Crippen molar-refractivity contribution in [1.82, 2.24) is 4.90 Å². The Labute approximate surface area is 103 Å². The van der Waals surface area contributed by atoms with Crippen molar-refractivity contribution in [1.29, 1.82) is 0 Å². The Hall–Kier alpha value is -0.870. The number of fused-ring (bicyclic) bond motifs is 2. The lowest BCUT2D eigenvalue weighted by atomic mass is 10.1. The van der Waals surface area contributed by atoms with E-state index in [0.29, 0.717) is 0 Å². The fraction of sp³-hybridized carbons (Fsp3) is 0.417. The van der Waals surface area contributed by atoms with E-state index in [2.05, 4.69) is 38.0 Å². The molecule has 0 aromatic heterocycles. The third-order valence-electron chi connectivity index (χ3n) is 3.32. The van der Waals surface area contributed by atoms with E-state index in [1.807, 2.05) is 6.07 Å². The zero-order valence-electron chi connectivity index (χ0n) is 8.86. The van der Waals surface area contributed by atoms with E-state index < -0.39 is 0 Å². The molecule has 0 saturated carbocycles. The highest BCUT2D eigenvalue weighted by atomic mass is 79.9. The highest BCUT2D eigenvalue weighted by Crippen LogP contribution is 2.34. The molecule has 0 aliphatic carbocycles. The van der Waals surface area contributed by atoms with Gasteiger partial charge in [-0.1, -0.05) is 15.9 Å². The van der Waals surface area contributed by atoms with Crippen LogP contribution >= 0.6 is 15.9 Å². The largest absolute Gasteiger partial charge is 0.394 e. The molecule has 1 N–H and O–H groups in total. The molecule has 2 aliphatic heterocycles. The number of benzene rings is 1. The summed E-state index contributed by atoms with van der Waals surface area (Å²) < 4.78 is 1.09. The van der Waals surface area contributed by atoms with Crippen molar-refractivity contribution in [2.24, 2.45) is 4.99 Å². The molecule has 3 nitrogen and oxygen atoms in total. The summed E-state index contributed by atoms with van der Waals surface area (Å²) in [5.74, 6) is 1.13. The summed E-state index contributed by atoms with van der Waals surface area (Å²) in [6.07, 6.45) is 2.01. The maximum Gasteiger partial charge on any atom is 0.105 e. The van der Waals surface area contributed by atoms with Gasteiger partial charge in [-0.3, -0.25) is 0 Å². The van der Waals surface area contributed by atoms with Gasteiger partial charge in [-0.05, 0) is 30.2 Å². The molecule has 1 atom stereocenters. The van der Waals surface area contributed by atoms with Gasteiger partial charge in [0.15, 0.2) is 0 Å². The monoisotopic (exact) mass is 280 g/mol. The van der Waals surface area contributed by atoms with Crippen molar-refractivity contribution in [3.63, 3.8) is 0 Å². The number of rotatable bonds is 1. The van der Waals surface area contributed by atoms with Gasteiger partial charge in [-0.2, -0.15) is 0 Å². The maximum absolute atomic E-state index is 9.30. The van der Waals surface area contributed by atoms with Gasteiger partial charge in [0.25, 0.3) is 0 Å². The molecule has 0 bridgehead atoms. The first-order valence-electron chi connectivity index (χ1n) is 5.51. The first-order valence-corrected chi connectivity index (χ1v) is 6.31. The Morgan fingerprint density at radius 1 is 1.50 bits per heavy atom. The minimum absolute atomic E-state index is 0.225. The average Bonchev–Trinajstić information content (AvgIpc) is 2.68. The van der Waals surface area contributed by atoms with Gasteiger partial charge in [0.1, 0.15) is 5.84 Å². The molecule has 1 saturated heterocycles. The molecule has 16 heavy (non-hydrogen) atoms. The standard InChI is InChI=1S/C12H13BrN2O/c13-9-1-3-11-8(5-9)6-15-10(7-16)2-4-12(15)14-11/h1,3,5,10,16H,2,4,6-7H2/t10-/m1/s1. The highest BCUT2D eigenvalue weighted by Gasteiger charge is 2.31. The van der Waals surface area contributed by atoms with Gasteiger partial charge in [0.2, 0.25) is 0 Å². The van der Waals surface area contributed by atoms with Crippen molar-refractivity contribution < 1.29 is 5.11 Å². The number of amidine groups is 1. The van der Waals surface area contributed by atoms with Crippen LogP contribution in [0.25, 0.3) is 0 Å². The van der Waals surface area contributed by atoms with Gasteiger partial charge < -0.3 is 10.0 Å². The van der Waals surface area contributed by atoms with E-state index in [4.69, 9.17) is 0 Å². The van der Waals surface area contributed by atoms with Crippen molar-refractivity contribution in [3.8, 4) is 0 Å². The smallest absolute Gasteiger partial charge is 0.105 e. The molecule has 0 unspecified atom stereocenters. The lowest BCUT2D eigenvalue weighted by Crippen LogP contribution is -2.36. The molecule has 2 heterocycles. The van der Waals surface area contributed by atoms with Crippen LogP contribution in [0.4, 0.5) is 5.69 Å². The molecule has 1 aromatic rings. The van der Waals surface area contributed by atoms with Gasteiger partial charge in [0, 0.05) is 17.4 Å². The van der Waals surface area contributed by atoms with Gasteiger partial charge in [-0.25, -0.2) is 4.99 Å². The number of nitrogens with zero attached hydrogens (tertiary/aromatic N) is 2. The Morgan fingerprint density at radius 2 is 2.38 bits per heavy atom. The van der Waals surface area contributed by atoms with Crippen LogP contribution in [0.1, 0.15) is 18.4 Å². The van der Waals surface area contributed by atoms with E-state index in [1.165, 1.54) is 5.56 Å². The predicted molar refractivity (Wildman–Crippen MR) is 66.9 cm³/mol. The summed E-state index contributed by atoms with van der Waals surface area (Å²) in [7, 11) is 0. The second kappa shape index (κ2) is 3.86. The fourth-order valence-corrected chi connectivity index (χ4v) is 2.86. The van der Waals surface area contributed by atoms with Gasteiger partial charge in [-0.15, -0.1) is 0 Å². The average molecular weight is 281 g/mol. The van der Waals surface area contributed by atoms with Crippen LogP contribution < -0.4 is 0 Å². The summed E-state index contributed by atoms with van der Waals surface area (Å²) in [5.41, 5.74) is 2.31. The van der Waals surface area contributed by atoms with Crippen molar-refractivity contribution >= 4 is 27.5 Å². The maximum atomic E-state index is 9.30. The van der Waals surface area contributed by atoms with Crippen LogP contribution in [-0.4, -0.2) is 28.5 Å². The van der Waals surface area contributed by atoms with E-state index >= 15 is 0 Å². The quantitative estimate of drug-likeness (QED) is 0.858. The Balaban J connectivity index is 2.00. The number of hydrogen-bond acceptors (Lipinski definition) is 3. The van der Waals surface area contributed by atoms with Crippen molar-refractivity contribution in [2.75, 3.05) is 6.61 Å². The van der Waals surface area contributed by atoms with Crippen LogP contribution in [-0.2, 0) is 6.54 Å². The molecule has 1 aromatic carbocycles. The molecular weight excluding hydrogens is 268 g/mol. The normalized spacial score (nSPS) is 22.8. The zero-order valence-corrected chi connectivity index (χ0v) is 10.4. The summed E-state index contributed by atoms with van der Waals surface area (Å²) in [6, 6.07) is 6.45. The topological polar surface area (TPSA) is 35.8 Å². The molecule has 3 rings (SSSR count). The summed E-state index contributed by atoms with van der Waals surface area (Å²) in [5, 5.41) is 9.30.